The van der Waals surface area contributed by atoms with E-state index in [-0.39, 0.29) is 6.61 Å². The van der Waals surface area contributed by atoms with Gasteiger partial charge in [-0.2, -0.15) is 0 Å². The summed E-state index contributed by atoms with van der Waals surface area (Å²) in [6, 6.07) is 5.83. The first-order valence-electron chi connectivity index (χ1n) is 6.26. The summed E-state index contributed by atoms with van der Waals surface area (Å²) in [6.45, 7) is 2.22. The second kappa shape index (κ2) is 7.91. The molecule has 17 heavy (non-hydrogen) atoms. The molecule has 2 heteroatoms. The molecule has 1 N–H and O–H groups in total. The number of hydrogen-bond acceptors (Lipinski definition) is 2. The molecule has 0 aliphatic rings. The minimum Gasteiger partial charge on any atom is -0.496 e. The molecule has 0 unspecified atom stereocenters. The van der Waals surface area contributed by atoms with Crippen LogP contribution in [0.4, 0.5) is 0 Å². The molecule has 0 fully saturated rings. The van der Waals surface area contributed by atoms with E-state index in [0.717, 1.165) is 23.3 Å². The summed E-state index contributed by atoms with van der Waals surface area (Å²) in [5.74, 6) is 0.753. The Hall–Kier alpha value is -1.28. The van der Waals surface area contributed by atoms with Crippen molar-refractivity contribution >= 4 is 6.08 Å². The van der Waals surface area contributed by atoms with Crippen molar-refractivity contribution in [3.05, 3.63) is 35.4 Å². The third-order valence-corrected chi connectivity index (χ3v) is 2.82. The Balaban J connectivity index is 2.69. The van der Waals surface area contributed by atoms with Gasteiger partial charge < -0.3 is 9.84 Å². The molecule has 0 aliphatic heterocycles. The van der Waals surface area contributed by atoms with Gasteiger partial charge in [-0.05, 0) is 24.5 Å². The van der Waals surface area contributed by atoms with Crippen LogP contribution >= 0.6 is 0 Å². The Morgan fingerprint density at radius 3 is 2.76 bits per heavy atom. The van der Waals surface area contributed by atoms with Crippen molar-refractivity contribution in [2.45, 2.75) is 39.2 Å². The molecule has 2 nitrogen and oxygen atoms in total. The molecule has 1 aromatic rings. The van der Waals surface area contributed by atoms with Crippen LogP contribution in [-0.2, 0) is 6.61 Å². The van der Waals surface area contributed by atoms with Crippen LogP contribution in [-0.4, -0.2) is 12.2 Å². The third-order valence-electron chi connectivity index (χ3n) is 2.82. The van der Waals surface area contributed by atoms with Crippen molar-refractivity contribution in [3.63, 3.8) is 0 Å². The van der Waals surface area contributed by atoms with Crippen LogP contribution in [0.2, 0.25) is 0 Å². The van der Waals surface area contributed by atoms with Crippen molar-refractivity contribution in [2.24, 2.45) is 0 Å². The lowest BCUT2D eigenvalue weighted by Crippen LogP contribution is -1.94. The summed E-state index contributed by atoms with van der Waals surface area (Å²) in [7, 11) is 1.63. The van der Waals surface area contributed by atoms with Gasteiger partial charge in [0.1, 0.15) is 5.75 Å². The average molecular weight is 234 g/mol. The average Bonchev–Trinajstić information content (AvgIpc) is 2.38. The lowest BCUT2D eigenvalue weighted by Gasteiger charge is -2.08. The number of rotatable bonds is 7. The minimum absolute atomic E-state index is 0.0125. The maximum atomic E-state index is 9.36. The quantitative estimate of drug-likeness (QED) is 0.727. The molecule has 0 heterocycles. The van der Waals surface area contributed by atoms with Gasteiger partial charge in [-0.3, -0.25) is 0 Å². The van der Waals surface area contributed by atoms with E-state index < -0.39 is 0 Å². The maximum Gasteiger partial charge on any atom is 0.124 e. The number of allylic oxidation sites excluding steroid dienone is 1. The molecule has 0 radical (unpaired) electrons. The van der Waals surface area contributed by atoms with Gasteiger partial charge in [-0.15, -0.1) is 0 Å². The Labute approximate surface area is 104 Å². The third kappa shape index (κ3) is 4.23. The normalized spacial score (nSPS) is 11.0. The molecule has 0 bridgehead atoms. The molecule has 1 aromatic carbocycles. The first-order valence-corrected chi connectivity index (χ1v) is 6.26. The summed E-state index contributed by atoms with van der Waals surface area (Å²) in [6.07, 6.45) is 9.08. The summed E-state index contributed by atoms with van der Waals surface area (Å²) < 4.78 is 5.23. The van der Waals surface area contributed by atoms with Gasteiger partial charge in [0.15, 0.2) is 0 Å². The zero-order valence-electron chi connectivity index (χ0n) is 10.8. The summed E-state index contributed by atoms with van der Waals surface area (Å²) in [4.78, 5) is 0. The molecule has 0 amide bonds. The highest BCUT2D eigenvalue weighted by molar-refractivity contribution is 5.57. The SMILES string of the molecule is CCCCC/C=C/c1cccc(OC)c1CO. The topological polar surface area (TPSA) is 29.5 Å². The first-order chi connectivity index (χ1) is 8.33. The van der Waals surface area contributed by atoms with Crippen LogP contribution in [0, 0.1) is 0 Å². The van der Waals surface area contributed by atoms with Gasteiger partial charge in [-0.1, -0.05) is 44.1 Å². The molecule has 0 aromatic heterocycles. The fraction of sp³-hybridized carbons (Fsp3) is 0.467. The molecule has 0 saturated heterocycles. The minimum atomic E-state index is 0.0125. The smallest absolute Gasteiger partial charge is 0.124 e. The summed E-state index contributed by atoms with van der Waals surface area (Å²) in [5.41, 5.74) is 1.91. The van der Waals surface area contributed by atoms with E-state index in [2.05, 4.69) is 19.1 Å². The van der Waals surface area contributed by atoms with Crippen LogP contribution in [0.15, 0.2) is 24.3 Å². The molecule has 0 atom stereocenters. The Morgan fingerprint density at radius 2 is 2.12 bits per heavy atom. The van der Waals surface area contributed by atoms with Crippen LogP contribution in [0.25, 0.3) is 6.08 Å². The molecule has 0 spiro atoms. The number of unbranched alkanes of at least 4 members (excludes halogenated alkanes) is 3. The highest BCUT2D eigenvalue weighted by Crippen LogP contribution is 2.23. The van der Waals surface area contributed by atoms with Crippen molar-refractivity contribution < 1.29 is 9.84 Å². The maximum absolute atomic E-state index is 9.36. The van der Waals surface area contributed by atoms with E-state index in [4.69, 9.17) is 4.74 Å². The van der Waals surface area contributed by atoms with E-state index in [1.165, 1.54) is 19.3 Å². The van der Waals surface area contributed by atoms with E-state index in [9.17, 15) is 5.11 Å². The number of aliphatic hydroxyl groups excluding tert-OH is 1. The van der Waals surface area contributed by atoms with E-state index in [1.807, 2.05) is 18.2 Å². The van der Waals surface area contributed by atoms with Gasteiger partial charge in [-0.25, -0.2) is 0 Å². The fourth-order valence-electron chi connectivity index (χ4n) is 1.82. The van der Waals surface area contributed by atoms with Crippen molar-refractivity contribution in [1.29, 1.82) is 0 Å². The van der Waals surface area contributed by atoms with Crippen molar-refractivity contribution in [1.82, 2.24) is 0 Å². The highest BCUT2D eigenvalue weighted by Gasteiger charge is 2.04. The molecule has 1 rings (SSSR count). The van der Waals surface area contributed by atoms with E-state index >= 15 is 0 Å². The second-order valence-electron chi connectivity index (χ2n) is 4.08. The summed E-state index contributed by atoms with van der Waals surface area (Å²) in [5, 5.41) is 9.36. The van der Waals surface area contributed by atoms with Gasteiger partial charge in [0, 0.05) is 5.56 Å². The van der Waals surface area contributed by atoms with Crippen molar-refractivity contribution in [3.8, 4) is 5.75 Å². The van der Waals surface area contributed by atoms with Crippen LogP contribution in [0.5, 0.6) is 5.75 Å². The standard InChI is InChI=1S/C15H22O2/c1-3-4-5-6-7-9-13-10-8-11-15(17-2)14(13)12-16/h7-11,16H,3-6,12H2,1-2H3/b9-7+. The second-order valence-corrected chi connectivity index (χ2v) is 4.08. The fourth-order valence-corrected chi connectivity index (χ4v) is 1.82. The van der Waals surface area contributed by atoms with Gasteiger partial charge in [0.2, 0.25) is 0 Å². The largest absolute Gasteiger partial charge is 0.496 e. The van der Waals surface area contributed by atoms with Crippen molar-refractivity contribution in [2.75, 3.05) is 7.11 Å². The highest BCUT2D eigenvalue weighted by atomic mass is 16.5. The van der Waals surface area contributed by atoms with E-state index in [1.54, 1.807) is 7.11 Å². The number of ether oxygens (including phenoxy) is 1. The van der Waals surface area contributed by atoms with Crippen LogP contribution in [0.1, 0.15) is 43.7 Å². The predicted octanol–water partition coefficient (Wildman–Crippen LogP) is 3.78. The number of aliphatic hydroxyl groups is 1. The molecular formula is C15H22O2. The monoisotopic (exact) mass is 234 g/mol. The molecule has 94 valence electrons. The van der Waals surface area contributed by atoms with E-state index in [0.29, 0.717) is 0 Å². The Kier molecular flexibility index (Phi) is 6.41. The lowest BCUT2D eigenvalue weighted by molar-refractivity contribution is 0.273. The molecule has 0 saturated carbocycles. The molecular weight excluding hydrogens is 212 g/mol. The zero-order chi connectivity index (χ0) is 12.5. The van der Waals surface area contributed by atoms with Crippen LogP contribution in [0.3, 0.4) is 0 Å². The first kappa shape index (κ1) is 13.8. The Bertz CT molecular complexity index is 356. The lowest BCUT2D eigenvalue weighted by atomic mass is 10.1. The van der Waals surface area contributed by atoms with Gasteiger partial charge in [0.25, 0.3) is 0 Å². The summed E-state index contributed by atoms with van der Waals surface area (Å²) >= 11 is 0. The molecule has 0 aliphatic carbocycles. The van der Waals surface area contributed by atoms with Gasteiger partial charge in [0.05, 0.1) is 13.7 Å². The Morgan fingerprint density at radius 1 is 1.29 bits per heavy atom. The van der Waals surface area contributed by atoms with Gasteiger partial charge >= 0.3 is 0 Å². The number of hydrogen-bond donors (Lipinski definition) is 1. The predicted molar refractivity (Wildman–Crippen MR) is 72.1 cm³/mol. The van der Waals surface area contributed by atoms with Crippen LogP contribution < -0.4 is 4.74 Å². The zero-order valence-corrected chi connectivity index (χ0v) is 10.8. The number of benzene rings is 1. The number of methoxy groups -OCH3 is 1.